The van der Waals surface area contributed by atoms with E-state index in [1.165, 1.54) is 20.1 Å². The van der Waals surface area contributed by atoms with Gasteiger partial charge in [-0.05, 0) is 48.9 Å². The first kappa shape index (κ1) is 22.0. The first-order valence-electron chi connectivity index (χ1n) is 8.96. The maximum atomic E-state index is 12.5. The lowest BCUT2D eigenvalue weighted by atomic mass is 10.1. The van der Waals surface area contributed by atoms with Crippen LogP contribution in [-0.4, -0.2) is 50.4 Å². The van der Waals surface area contributed by atoms with Crippen LogP contribution in [0.4, 0.5) is 0 Å². The molecular weight excluding hydrogens is 376 g/mol. The number of allylic oxidation sites excluding steroid dienone is 1. The molecule has 154 valence electrons. The molecule has 1 unspecified atom stereocenters. The highest BCUT2D eigenvalue weighted by Gasteiger charge is 2.12. The summed E-state index contributed by atoms with van der Waals surface area (Å²) in [5, 5.41) is 8.93. The van der Waals surface area contributed by atoms with E-state index in [0.717, 1.165) is 0 Å². The van der Waals surface area contributed by atoms with Gasteiger partial charge >= 0.3 is 5.97 Å². The molecule has 7 nitrogen and oxygen atoms in total. The van der Waals surface area contributed by atoms with Crippen molar-refractivity contribution in [3.8, 4) is 17.2 Å². The van der Waals surface area contributed by atoms with Gasteiger partial charge in [-0.25, -0.2) is 4.79 Å². The van der Waals surface area contributed by atoms with Crippen LogP contribution in [-0.2, 0) is 9.53 Å². The normalized spacial score (nSPS) is 11.8. The maximum absolute atomic E-state index is 12.5. The number of benzene rings is 2. The summed E-state index contributed by atoms with van der Waals surface area (Å²) in [5.41, 5.74) is 1.16. The zero-order valence-electron chi connectivity index (χ0n) is 16.6. The molecule has 0 aliphatic rings. The predicted molar refractivity (Wildman–Crippen MR) is 108 cm³/mol. The minimum Gasteiger partial charge on any atom is -0.493 e. The number of rotatable bonds is 11. The number of carboxylic acids is 1. The summed E-state index contributed by atoms with van der Waals surface area (Å²) in [7, 11) is 3.09. The number of methoxy groups -OCH3 is 2. The van der Waals surface area contributed by atoms with Crippen molar-refractivity contribution in [1.29, 1.82) is 0 Å². The molecule has 1 N–H and O–H groups in total. The van der Waals surface area contributed by atoms with Gasteiger partial charge in [-0.15, -0.1) is 0 Å². The summed E-state index contributed by atoms with van der Waals surface area (Å²) < 4.78 is 21.1. The Labute approximate surface area is 169 Å². The van der Waals surface area contributed by atoms with Gasteiger partial charge in [0.05, 0.1) is 13.7 Å². The molecule has 29 heavy (non-hydrogen) atoms. The lowest BCUT2D eigenvalue weighted by molar-refractivity contribution is -0.144. The van der Waals surface area contributed by atoms with Crippen LogP contribution in [0.5, 0.6) is 17.2 Å². The molecule has 0 aliphatic heterocycles. The number of hydrogen-bond donors (Lipinski definition) is 1. The Morgan fingerprint density at radius 3 is 2.55 bits per heavy atom. The second-order valence-electron chi connectivity index (χ2n) is 6.08. The molecule has 0 radical (unpaired) electrons. The molecule has 0 spiro atoms. The summed E-state index contributed by atoms with van der Waals surface area (Å²) in [4.78, 5) is 23.4. The second kappa shape index (κ2) is 10.9. The topological polar surface area (TPSA) is 91.3 Å². The summed E-state index contributed by atoms with van der Waals surface area (Å²) in [6.07, 6.45) is 2.10. The van der Waals surface area contributed by atoms with E-state index in [9.17, 15) is 9.59 Å². The lowest BCUT2D eigenvalue weighted by Crippen LogP contribution is -2.22. The van der Waals surface area contributed by atoms with E-state index in [2.05, 4.69) is 0 Å². The van der Waals surface area contributed by atoms with E-state index in [4.69, 9.17) is 24.1 Å². The van der Waals surface area contributed by atoms with Crippen molar-refractivity contribution in [3.05, 3.63) is 59.7 Å². The Hall–Kier alpha value is -3.32. The quantitative estimate of drug-likeness (QED) is 0.351. The Bertz CT molecular complexity index is 873. The zero-order valence-corrected chi connectivity index (χ0v) is 16.6. The summed E-state index contributed by atoms with van der Waals surface area (Å²) in [6, 6.07) is 11.8. The summed E-state index contributed by atoms with van der Waals surface area (Å²) in [5.74, 6) is 0.135. The molecule has 2 rings (SSSR count). The Morgan fingerprint density at radius 1 is 1.07 bits per heavy atom. The smallest absolute Gasteiger partial charge is 0.344 e. The minimum absolute atomic E-state index is 0.211. The summed E-state index contributed by atoms with van der Waals surface area (Å²) >= 11 is 0. The van der Waals surface area contributed by atoms with Crippen LogP contribution in [0.1, 0.15) is 22.8 Å². The van der Waals surface area contributed by atoms with Crippen molar-refractivity contribution in [2.45, 2.75) is 13.0 Å². The molecule has 0 heterocycles. The van der Waals surface area contributed by atoms with Gasteiger partial charge in [0.1, 0.15) is 12.4 Å². The van der Waals surface area contributed by atoms with Crippen LogP contribution in [0.15, 0.2) is 48.5 Å². The van der Waals surface area contributed by atoms with Crippen LogP contribution < -0.4 is 14.2 Å². The molecule has 0 saturated heterocycles. The van der Waals surface area contributed by atoms with Gasteiger partial charge in [0.15, 0.2) is 23.4 Å². The Kier molecular flexibility index (Phi) is 8.24. The number of carboxylic acid groups (broad SMARTS) is 1. The van der Waals surface area contributed by atoms with Crippen LogP contribution >= 0.6 is 0 Å². The van der Waals surface area contributed by atoms with Crippen molar-refractivity contribution in [2.75, 3.05) is 27.4 Å². The van der Waals surface area contributed by atoms with Crippen molar-refractivity contribution < 1.29 is 33.6 Å². The number of carbonyl (C=O) groups is 2. The summed E-state index contributed by atoms with van der Waals surface area (Å²) in [6.45, 7) is 2.27. The molecule has 0 fully saturated rings. The van der Waals surface area contributed by atoms with Gasteiger partial charge in [-0.2, -0.15) is 0 Å². The first-order valence-corrected chi connectivity index (χ1v) is 8.96. The monoisotopic (exact) mass is 400 g/mol. The SMILES string of the molecule is COCCOc1ccc(C(=O)/C=C/c2cccc(OC(C)C(=O)O)c2)cc1OC. The van der Waals surface area contributed by atoms with Crippen LogP contribution in [0.2, 0.25) is 0 Å². The molecule has 0 bridgehead atoms. The van der Waals surface area contributed by atoms with Crippen molar-refractivity contribution in [1.82, 2.24) is 0 Å². The van der Waals surface area contributed by atoms with E-state index >= 15 is 0 Å². The van der Waals surface area contributed by atoms with Crippen LogP contribution in [0, 0.1) is 0 Å². The highest BCUT2D eigenvalue weighted by molar-refractivity contribution is 6.07. The standard InChI is InChI=1S/C22H24O7/c1-15(22(24)25)29-18-6-4-5-16(13-18)7-9-19(23)17-8-10-20(21(14-17)27-3)28-12-11-26-2/h4-10,13-15H,11-12H2,1-3H3,(H,24,25)/b9-7+. The Morgan fingerprint density at radius 2 is 1.86 bits per heavy atom. The second-order valence-corrected chi connectivity index (χ2v) is 6.08. The average Bonchev–Trinajstić information content (AvgIpc) is 2.72. The van der Waals surface area contributed by atoms with Gasteiger partial charge in [-0.3, -0.25) is 4.79 Å². The predicted octanol–water partition coefficient (Wildman–Crippen LogP) is 3.47. The van der Waals surface area contributed by atoms with E-state index < -0.39 is 12.1 Å². The molecule has 2 aromatic rings. The highest BCUT2D eigenvalue weighted by Crippen LogP contribution is 2.28. The first-order chi connectivity index (χ1) is 13.9. The Balaban J connectivity index is 2.09. The molecule has 0 aliphatic carbocycles. The van der Waals surface area contributed by atoms with Gasteiger partial charge in [0.2, 0.25) is 0 Å². The van der Waals surface area contributed by atoms with E-state index in [0.29, 0.717) is 41.6 Å². The van der Waals surface area contributed by atoms with E-state index in [1.807, 2.05) is 0 Å². The fraction of sp³-hybridized carbons (Fsp3) is 0.273. The average molecular weight is 400 g/mol. The number of hydrogen-bond acceptors (Lipinski definition) is 6. The zero-order chi connectivity index (χ0) is 21.2. The van der Waals surface area contributed by atoms with E-state index in [-0.39, 0.29) is 5.78 Å². The molecule has 2 aromatic carbocycles. The van der Waals surface area contributed by atoms with Crippen molar-refractivity contribution in [2.24, 2.45) is 0 Å². The molecular formula is C22H24O7. The largest absolute Gasteiger partial charge is 0.493 e. The number of ether oxygens (including phenoxy) is 4. The molecule has 1 atom stereocenters. The van der Waals surface area contributed by atoms with Gasteiger partial charge in [-0.1, -0.05) is 18.2 Å². The van der Waals surface area contributed by atoms with Crippen LogP contribution in [0.3, 0.4) is 0 Å². The minimum atomic E-state index is -1.05. The molecule has 0 saturated carbocycles. The molecule has 7 heteroatoms. The third-order valence-corrected chi connectivity index (χ3v) is 3.94. The third-order valence-electron chi connectivity index (χ3n) is 3.94. The van der Waals surface area contributed by atoms with Crippen molar-refractivity contribution >= 4 is 17.8 Å². The fourth-order valence-corrected chi connectivity index (χ4v) is 2.39. The lowest BCUT2D eigenvalue weighted by Gasteiger charge is -2.11. The fourth-order valence-electron chi connectivity index (χ4n) is 2.39. The van der Waals surface area contributed by atoms with Gasteiger partial charge in [0, 0.05) is 12.7 Å². The van der Waals surface area contributed by atoms with Crippen LogP contribution in [0.25, 0.3) is 6.08 Å². The molecule has 0 amide bonds. The highest BCUT2D eigenvalue weighted by atomic mass is 16.5. The van der Waals surface area contributed by atoms with Gasteiger partial charge in [0.25, 0.3) is 0 Å². The molecule has 0 aromatic heterocycles. The number of ketones is 1. The number of aliphatic carboxylic acids is 1. The number of carbonyl (C=O) groups excluding carboxylic acids is 1. The maximum Gasteiger partial charge on any atom is 0.344 e. The van der Waals surface area contributed by atoms with Gasteiger partial charge < -0.3 is 24.1 Å². The van der Waals surface area contributed by atoms with E-state index in [1.54, 1.807) is 55.7 Å². The third kappa shape index (κ3) is 6.65. The van der Waals surface area contributed by atoms with Crippen molar-refractivity contribution in [3.63, 3.8) is 0 Å².